The van der Waals surface area contributed by atoms with Crippen molar-refractivity contribution < 1.29 is 9.47 Å². The molecule has 0 saturated carbocycles. The SMILES string of the molecule is COCCCN(CCOC)c1nc(NN)nc2[nH]ncc12. The molecule has 0 unspecified atom stereocenters. The summed E-state index contributed by atoms with van der Waals surface area (Å²) in [6.07, 6.45) is 2.59. The number of nitrogens with zero attached hydrogens (tertiary/aromatic N) is 4. The maximum atomic E-state index is 5.43. The fraction of sp³-hybridized carbons (Fsp3) is 0.583. The molecule has 0 aliphatic heterocycles. The van der Waals surface area contributed by atoms with E-state index in [1.54, 1.807) is 20.4 Å². The van der Waals surface area contributed by atoms with Gasteiger partial charge in [-0.2, -0.15) is 15.1 Å². The molecular weight excluding hydrogens is 274 g/mol. The second-order valence-electron chi connectivity index (χ2n) is 4.47. The Morgan fingerprint density at radius 3 is 2.76 bits per heavy atom. The van der Waals surface area contributed by atoms with Gasteiger partial charge in [0.1, 0.15) is 5.82 Å². The van der Waals surface area contributed by atoms with Crippen molar-refractivity contribution in [1.29, 1.82) is 0 Å². The highest BCUT2D eigenvalue weighted by molar-refractivity contribution is 5.87. The Hall–Kier alpha value is -1.97. The topological polar surface area (TPSA) is 114 Å². The lowest BCUT2D eigenvalue weighted by Crippen LogP contribution is -2.30. The number of methoxy groups -OCH3 is 2. The van der Waals surface area contributed by atoms with E-state index in [4.69, 9.17) is 15.3 Å². The third-order valence-electron chi connectivity index (χ3n) is 3.06. The Labute approximate surface area is 122 Å². The first kappa shape index (κ1) is 15.4. The van der Waals surface area contributed by atoms with Gasteiger partial charge in [0.15, 0.2) is 5.65 Å². The van der Waals surface area contributed by atoms with Crippen LogP contribution < -0.4 is 16.2 Å². The largest absolute Gasteiger partial charge is 0.385 e. The summed E-state index contributed by atoms with van der Waals surface area (Å²) in [7, 11) is 3.36. The third-order valence-corrected chi connectivity index (χ3v) is 3.06. The molecule has 116 valence electrons. The second-order valence-corrected chi connectivity index (χ2v) is 4.47. The molecule has 21 heavy (non-hydrogen) atoms. The summed E-state index contributed by atoms with van der Waals surface area (Å²) in [6.45, 7) is 2.78. The van der Waals surface area contributed by atoms with E-state index < -0.39 is 0 Å². The minimum absolute atomic E-state index is 0.343. The van der Waals surface area contributed by atoms with Crippen LogP contribution in [-0.4, -0.2) is 60.7 Å². The number of H-pyrrole nitrogens is 1. The highest BCUT2D eigenvalue weighted by Gasteiger charge is 2.15. The minimum Gasteiger partial charge on any atom is -0.385 e. The maximum Gasteiger partial charge on any atom is 0.241 e. The molecule has 2 aromatic heterocycles. The van der Waals surface area contributed by atoms with E-state index in [-0.39, 0.29) is 0 Å². The molecule has 4 N–H and O–H groups in total. The maximum absolute atomic E-state index is 5.43. The van der Waals surface area contributed by atoms with Crippen molar-refractivity contribution in [3.05, 3.63) is 6.20 Å². The number of aromatic nitrogens is 4. The summed E-state index contributed by atoms with van der Waals surface area (Å²) in [4.78, 5) is 10.8. The number of ether oxygens (including phenoxy) is 2. The van der Waals surface area contributed by atoms with Crippen LogP contribution in [0.3, 0.4) is 0 Å². The van der Waals surface area contributed by atoms with Crippen LogP contribution in [0.4, 0.5) is 11.8 Å². The Balaban J connectivity index is 2.29. The number of nitrogens with two attached hydrogens (primary N) is 1. The van der Waals surface area contributed by atoms with Gasteiger partial charge in [-0.1, -0.05) is 0 Å². The van der Waals surface area contributed by atoms with Crippen LogP contribution in [0.5, 0.6) is 0 Å². The van der Waals surface area contributed by atoms with E-state index in [1.807, 2.05) is 0 Å². The molecule has 0 bridgehead atoms. The van der Waals surface area contributed by atoms with E-state index in [1.165, 1.54) is 0 Å². The lowest BCUT2D eigenvalue weighted by atomic mass is 10.3. The fourth-order valence-electron chi connectivity index (χ4n) is 2.05. The van der Waals surface area contributed by atoms with Crippen LogP contribution >= 0.6 is 0 Å². The van der Waals surface area contributed by atoms with Gasteiger partial charge in [-0.25, -0.2) is 5.84 Å². The van der Waals surface area contributed by atoms with E-state index in [0.29, 0.717) is 31.4 Å². The zero-order valence-electron chi connectivity index (χ0n) is 12.3. The minimum atomic E-state index is 0.343. The molecule has 9 nitrogen and oxygen atoms in total. The smallest absolute Gasteiger partial charge is 0.241 e. The molecule has 0 spiro atoms. The highest BCUT2D eigenvalue weighted by Crippen LogP contribution is 2.23. The number of hydrogen-bond donors (Lipinski definition) is 3. The number of rotatable bonds is 9. The van der Waals surface area contributed by atoms with Gasteiger partial charge >= 0.3 is 0 Å². The summed E-state index contributed by atoms with van der Waals surface area (Å²) in [5, 5.41) is 7.70. The van der Waals surface area contributed by atoms with Crippen molar-refractivity contribution in [1.82, 2.24) is 20.2 Å². The van der Waals surface area contributed by atoms with Gasteiger partial charge in [-0.3, -0.25) is 10.5 Å². The molecule has 0 aromatic carbocycles. The normalized spacial score (nSPS) is 11.0. The average Bonchev–Trinajstić information content (AvgIpc) is 2.98. The summed E-state index contributed by atoms with van der Waals surface area (Å²) in [5.74, 6) is 6.54. The second kappa shape index (κ2) is 7.72. The van der Waals surface area contributed by atoms with E-state index in [0.717, 1.165) is 24.2 Å². The molecule has 2 aromatic rings. The Morgan fingerprint density at radius 1 is 1.24 bits per heavy atom. The summed E-state index contributed by atoms with van der Waals surface area (Å²) >= 11 is 0. The zero-order valence-corrected chi connectivity index (χ0v) is 12.3. The summed E-state index contributed by atoms with van der Waals surface area (Å²) < 4.78 is 10.3. The Morgan fingerprint density at radius 2 is 2.05 bits per heavy atom. The van der Waals surface area contributed by atoms with Crippen LogP contribution in [0.15, 0.2) is 6.20 Å². The number of nitrogens with one attached hydrogen (secondary N) is 2. The van der Waals surface area contributed by atoms with Crippen molar-refractivity contribution >= 4 is 22.8 Å². The molecule has 9 heteroatoms. The van der Waals surface area contributed by atoms with Gasteiger partial charge in [0.25, 0.3) is 0 Å². The zero-order chi connectivity index (χ0) is 15.1. The Kier molecular flexibility index (Phi) is 5.67. The quantitative estimate of drug-likeness (QED) is 0.340. The molecule has 0 fully saturated rings. The van der Waals surface area contributed by atoms with Crippen molar-refractivity contribution in [3.63, 3.8) is 0 Å². The summed E-state index contributed by atoms with van der Waals surface area (Å²) in [6, 6.07) is 0. The number of nitrogen functional groups attached to an aromatic ring is 1. The van der Waals surface area contributed by atoms with Gasteiger partial charge in [0.05, 0.1) is 18.2 Å². The number of fused-ring (bicyclic) bond motifs is 1. The van der Waals surface area contributed by atoms with Crippen molar-refractivity contribution in [3.8, 4) is 0 Å². The van der Waals surface area contributed by atoms with Crippen molar-refractivity contribution in [2.75, 3.05) is 50.8 Å². The van der Waals surface area contributed by atoms with Crippen LogP contribution in [-0.2, 0) is 9.47 Å². The van der Waals surface area contributed by atoms with Crippen LogP contribution in [0.25, 0.3) is 11.0 Å². The molecule has 0 amide bonds. The molecule has 0 radical (unpaired) electrons. The third kappa shape index (κ3) is 3.78. The molecule has 0 atom stereocenters. The first-order valence-electron chi connectivity index (χ1n) is 6.70. The molecular formula is C12H21N7O2. The predicted molar refractivity (Wildman–Crippen MR) is 80.1 cm³/mol. The van der Waals surface area contributed by atoms with Gasteiger partial charge in [0, 0.05) is 33.9 Å². The van der Waals surface area contributed by atoms with Crippen LogP contribution in [0.1, 0.15) is 6.42 Å². The number of hydrazine groups is 1. The van der Waals surface area contributed by atoms with E-state index in [2.05, 4.69) is 30.5 Å². The number of anilines is 2. The molecule has 2 rings (SSSR count). The van der Waals surface area contributed by atoms with Crippen molar-refractivity contribution in [2.24, 2.45) is 5.84 Å². The van der Waals surface area contributed by atoms with E-state index in [9.17, 15) is 0 Å². The highest BCUT2D eigenvalue weighted by atomic mass is 16.5. The average molecular weight is 295 g/mol. The molecule has 0 aliphatic rings. The Bertz CT molecular complexity index is 560. The molecule has 0 aliphatic carbocycles. The van der Waals surface area contributed by atoms with Gasteiger partial charge < -0.3 is 14.4 Å². The summed E-state index contributed by atoms with van der Waals surface area (Å²) in [5.41, 5.74) is 3.12. The molecule has 2 heterocycles. The number of hydrogen-bond acceptors (Lipinski definition) is 8. The van der Waals surface area contributed by atoms with E-state index >= 15 is 0 Å². The van der Waals surface area contributed by atoms with Gasteiger partial charge in [0.2, 0.25) is 5.95 Å². The molecule has 0 saturated heterocycles. The van der Waals surface area contributed by atoms with Gasteiger partial charge in [-0.15, -0.1) is 0 Å². The predicted octanol–water partition coefficient (Wildman–Crippen LogP) is 0.128. The standard InChI is InChI=1S/C12H21N7O2/c1-20-6-3-4-19(5-7-21-2)11-9-8-14-18-10(9)15-12(16-11)17-13/h8H,3-7,13H2,1-2H3,(H2,14,15,16,17,18). The first-order chi connectivity index (χ1) is 10.3. The van der Waals surface area contributed by atoms with Crippen LogP contribution in [0, 0.1) is 0 Å². The van der Waals surface area contributed by atoms with Gasteiger partial charge in [-0.05, 0) is 6.42 Å². The van der Waals surface area contributed by atoms with Crippen LogP contribution in [0.2, 0.25) is 0 Å². The lowest BCUT2D eigenvalue weighted by Gasteiger charge is -2.24. The number of aromatic amines is 1. The fourth-order valence-corrected chi connectivity index (χ4v) is 2.05. The van der Waals surface area contributed by atoms with Crippen molar-refractivity contribution in [2.45, 2.75) is 6.42 Å². The first-order valence-corrected chi connectivity index (χ1v) is 6.70. The monoisotopic (exact) mass is 295 g/mol. The lowest BCUT2D eigenvalue weighted by molar-refractivity contribution is 0.191.